The van der Waals surface area contributed by atoms with E-state index in [1.165, 1.54) is 9.13 Å². The van der Waals surface area contributed by atoms with Gasteiger partial charge in [-0.3, -0.25) is 4.79 Å². The SMILES string of the molecule is Cc1ccc(C(=O)C[n+]2c(O)[n+](-c3ccc(Cl)cc3)c(O)c3ccccc32)cc1. The molecule has 0 aliphatic rings. The second-order valence-electron chi connectivity index (χ2n) is 6.83. The molecule has 0 fully saturated rings. The van der Waals surface area contributed by atoms with E-state index in [1.54, 1.807) is 60.7 Å². The van der Waals surface area contributed by atoms with Gasteiger partial charge in [-0.05, 0) is 29.7 Å². The van der Waals surface area contributed by atoms with Gasteiger partial charge in [0.2, 0.25) is 23.5 Å². The first-order chi connectivity index (χ1) is 14.0. The Morgan fingerprint density at radius 2 is 1.59 bits per heavy atom. The van der Waals surface area contributed by atoms with Crippen molar-refractivity contribution in [3.8, 4) is 17.6 Å². The standard InChI is InChI=1S/C23H17ClN2O3/c1-15-6-8-16(9-7-15)21(27)14-25-20-5-3-2-4-19(20)22(28)26(23(25)29)18-12-10-17(24)11-13-18/h2-13H,14H2,1H3/p+2. The lowest BCUT2D eigenvalue weighted by atomic mass is 10.1. The second-order valence-corrected chi connectivity index (χ2v) is 7.26. The molecule has 0 radical (unpaired) electrons. The summed E-state index contributed by atoms with van der Waals surface area (Å²) in [5.41, 5.74) is 2.69. The number of ketones is 1. The Labute approximate surface area is 172 Å². The fraction of sp³-hybridized carbons (Fsp3) is 0.0870. The van der Waals surface area contributed by atoms with Crippen molar-refractivity contribution < 1.29 is 24.1 Å². The van der Waals surface area contributed by atoms with Crippen LogP contribution < -0.4 is 9.13 Å². The van der Waals surface area contributed by atoms with Crippen molar-refractivity contribution in [2.45, 2.75) is 13.5 Å². The predicted octanol–water partition coefficient (Wildman–Crippen LogP) is 3.66. The van der Waals surface area contributed by atoms with E-state index < -0.39 is 0 Å². The molecule has 0 aliphatic heterocycles. The van der Waals surface area contributed by atoms with Crippen molar-refractivity contribution in [2.75, 3.05) is 0 Å². The molecule has 4 aromatic rings. The summed E-state index contributed by atoms with van der Waals surface area (Å²) in [6.07, 6.45) is 0. The van der Waals surface area contributed by atoms with Crippen molar-refractivity contribution in [3.63, 3.8) is 0 Å². The molecule has 0 bridgehead atoms. The lowest BCUT2D eigenvalue weighted by Crippen LogP contribution is -2.48. The summed E-state index contributed by atoms with van der Waals surface area (Å²) in [7, 11) is 0. The molecule has 6 heteroatoms. The molecule has 0 amide bonds. The van der Waals surface area contributed by atoms with Gasteiger partial charge < -0.3 is 10.2 Å². The number of hydrogen-bond donors (Lipinski definition) is 2. The number of aromatic hydroxyl groups is 2. The molecule has 5 nitrogen and oxygen atoms in total. The Hall–Kier alpha value is -3.44. The van der Waals surface area contributed by atoms with Crippen LogP contribution in [0.2, 0.25) is 5.02 Å². The first-order valence-corrected chi connectivity index (χ1v) is 9.48. The minimum Gasteiger partial charge on any atom is -0.459 e. The van der Waals surface area contributed by atoms with Gasteiger partial charge in [0, 0.05) is 28.8 Å². The van der Waals surface area contributed by atoms with Crippen LogP contribution in [0.15, 0.2) is 72.8 Å². The molecule has 1 heterocycles. The number of rotatable bonds is 4. The van der Waals surface area contributed by atoms with Crippen LogP contribution in [0, 0.1) is 6.92 Å². The maximum atomic E-state index is 12.9. The number of fused-ring (bicyclic) bond motifs is 1. The molecule has 0 saturated carbocycles. The molecule has 0 spiro atoms. The number of para-hydroxylation sites is 1. The van der Waals surface area contributed by atoms with E-state index >= 15 is 0 Å². The van der Waals surface area contributed by atoms with Gasteiger partial charge in [-0.15, -0.1) is 0 Å². The Morgan fingerprint density at radius 3 is 2.28 bits per heavy atom. The minimum atomic E-state index is -0.260. The van der Waals surface area contributed by atoms with E-state index in [9.17, 15) is 15.0 Å². The van der Waals surface area contributed by atoms with E-state index in [0.29, 0.717) is 27.2 Å². The molecule has 0 aliphatic carbocycles. The fourth-order valence-corrected chi connectivity index (χ4v) is 3.43. The lowest BCUT2D eigenvalue weighted by Gasteiger charge is -2.05. The van der Waals surface area contributed by atoms with Crippen LogP contribution in [-0.2, 0) is 6.54 Å². The van der Waals surface area contributed by atoms with Gasteiger partial charge in [0.05, 0.1) is 0 Å². The van der Waals surface area contributed by atoms with Gasteiger partial charge in [-0.25, -0.2) is 0 Å². The number of benzene rings is 3. The summed E-state index contributed by atoms with van der Waals surface area (Å²) in [5, 5.41) is 22.9. The smallest absolute Gasteiger partial charge is 0.459 e. The monoisotopic (exact) mass is 406 g/mol. The number of carbonyl (C=O) groups is 1. The summed E-state index contributed by atoms with van der Waals surface area (Å²) < 4.78 is 2.78. The average molecular weight is 407 g/mol. The third kappa shape index (κ3) is 3.52. The zero-order chi connectivity index (χ0) is 20.5. The maximum absolute atomic E-state index is 12.9. The maximum Gasteiger partial charge on any atom is 0.638 e. The third-order valence-electron chi connectivity index (χ3n) is 4.85. The van der Waals surface area contributed by atoms with Crippen molar-refractivity contribution in [1.82, 2.24) is 0 Å². The molecule has 0 saturated heterocycles. The molecule has 144 valence electrons. The average Bonchev–Trinajstić information content (AvgIpc) is 2.73. The van der Waals surface area contributed by atoms with Crippen LogP contribution in [-0.4, -0.2) is 16.0 Å². The summed E-state index contributed by atoms with van der Waals surface area (Å²) in [4.78, 5) is 12.9. The highest BCUT2D eigenvalue weighted by atomic mass is 35.5. The van der Waals surface area contributed by atoms with Crippen molar-refractivity contribution in [2.24, 2.45) is 0 Å². The van der Waals surface area contributed by atoms with E-state index in [1.807, 2.05) is 19.1 Å². The number of Topliss-reactive ketones (excluding diaryl/α,β-unsaturated/α-hetero) is 1. The normalized spacial score (nSPS) is 11.0. The fourth-order valence-electron chi connectivity index (χ4n) is 3.30. The summed E-state index contributed by atoms with van der Waals surface area (Å²) in [6.45, 7) is 1.88. The van der Waals surface area contributed by atoms with Crippen LogP contribution in [0.3, 0.4) is 0 Å². The topological polar surface area (TPSA) is 65.3 Å². The molecule has 4 rings (SSSR count). The van der Waals surface area contributed by atoms with E-state index in [2.05, 4.69) is 0 Å². The molecule has 1 aromatic heterocycles. The number of aryl methyl sites for hydroxylation is 1. The molecular weight excluding hydrogens is 388 g/mol. The number of nitrogens with zero attached hydrogens (tertiary/aromatic N) is 2. The molecular formula is C23H19ClN2O3+2. The number of aromatic nitrogens is 2. The highest BCUT2D eigenvalue weighted by Gasteiger charge is 2.36. The molecule has 0 unspecified atom stereocenters. The lowest BCUT2D eigenvalue weighted by molar-refractivity contribution is -0.774. The summed E-state index contributed by atoms with van der Waals surface area (Å²) in [5.74, 6) is -0.275. The van der Waals surface area contributed by atoms with Crippen molar-refractivity contribution >= 4 is 28.3 Å². The Kier molecular flexibility index (Phi) is 4.91. The minimum absolute atomic E-state index is 0.0801. The Bertz CT molecular complexity index is 1220. The second kappa shape index (κ2) is 7.53. The van der Waals surface area contributed by atoms with Crippen LogP contribution in [0.25, 0.3) is 16.6 Å². The highest BCUT2D eigenvalue weighted by molar-refractivity contribution is 6.30. The number of hydrogen-bond acceptors (Lipinski definition) is 3. The quantitative estimate of drug-likeness (QED) is 0.401. The van der Waals surface area contributed by atoms with Gasteiger partial charge in [-0.2, -0.15) is 0 Å². The number of carbonyl (C=O) groups excluding carboxylic acids is 1. The molecule has 0 atom stereocenters. The van der Waals surface area contributed by atoms with Crippen LogP contribution in [0.4, 0.5) is 0 Å². The first kappa shape index (κ1) is 18.9. The van der Waals surface area contributed by atoms with Crippen molar-refractivity contribution in [1.29, 1.82) is 0 Å². The first-order valence-electron chi connectivity index (χ1n) is 9.10. The van der Waals surface area contributed by atoms with Crippen LogP contribution >= 0.6 is 11.6 Å². The van der Waals surface area contributed by atoms with Crippen LogP contribution in [0.1, 0.15) is 15.9 Å². The van der Waals surface area contributed by atoms with E-state index in [4.69, 9.17) is 11.6 Å². The van der Waals surface area contributed by atoms with Crippen LogP contribution in [0.5, 0.6) is 11.9 Å². The van der Waals surface area contributed by atoms with Gasteiger partial charge in [0.1, 0.15) is 0 Å². The van der Waals surface area contributed by atoms with Gasteiger partial charge >= 0.3 is 11.9 Å². The number of halogens is 1. The highest BCUT2D eigenvalue weighted by Crippen LogP contribution is 2.23. The zero-order valence-electron chi connectivity index (χ0n) is 15.7. The Balaban J connectivity index is 1.89. The summed E-state index contributed by atoms with van der Waals surface area (Å²) in [6, 6.07) is 20.8. The molecule has 3 aromatic carbocycles. The zero-order valence-corrected chi connectivity index (χ0v) is 16.5. The van der Waals surface area contributed by atoms with E-state index in [-0.39, 0.29) is 24.2 Å². The molecule has 2 N–H and O–H groups in total. The third-order valence-corrected chi connectivity index (χ3v) is 5.10. The van der Waals surface area contributed by atoms with E-state index in [0.717, 1.165) is 5.56 Å². The summed E-state index contributed by atoms with van der Waals surface area (Å²) >= 11 is 5.97. The Morgan fingerprint density at radius 1 is 0.931 bits per heavy atom. The van der Waals surface area contributed by atoms with Gasteiger partial charge in [-0.1, -0.05) is 58.1 Å². The molecule has 29 heavy (non-hydrogen) atoms. The predicted molar refractivity (Wildman–Crippen MR) is 110 cm³/mol. The van der Waals surface area contributed by atoms with Gasteiger partial charge in [0.15, 0.2) is 5.39 Å². The largest absolute Gasteiger partial charge is 0.638 e. The van der Waals surface area contributed by atoms with Gasteiger partial charge in [0.25, 0.3) is 0 Å². The van der Waals surface area contributed by atoms with Crippen molar-refractivity contribution in [3.05, 3.63) is 88.9 Å².